The number of ketones is 1. The number of nitrogens with zero attached hydrogens (tertiary/aromatic N) is 1. The van der Waals surface area contributed by atoms with Crippen LogP contribution in [-0.4, -0.2) is 29.7 Å². The molecule has 1 saturated heterocycles. The molecule has 6 heteroatoms. The van der Waals surface area contributed by atoms with Crippen LogP contribution in [0.2, 0.25) is 0 Å². The molecule has 0 saturated carbocycles. The van der Waals surface area contributed by atoms with Crippen molar-refractivity contribution < 1.29 is 9.59 Å². The fourth-order valence-electron chi connectivity index (χ4n) is 4.69. The van der Waals surface area contributed by atoms with Gasteiger partial charge in [0, 0.05) is 46.0 Å². The molecule has 0 spiro atoms. The van der Waals surface area contributed by atoms with Crippen molar-refractivity contribution in [1.82, 2.24) is 10.2 Å². The molecule has 0 aromatic heterocycles. The number of para-hydroxylation sites is 1. The molecule has 3 aromatic rings. The Labute approximate surface area is 207 Å². The van der Waals surface area contributed by atoms with Crippen molar-refractivity contribution in [2.24, 2.45) is 0 Å². The number of halogens is 1. The third kappa shape index (κ3) is 4.05. The van der Waals surface area contributed by atoms with Crippen LogP contribution < -0.4 is 10.6 Å². The number of rotatable bonds is 5. The van der Waals surface area contributed by atoms with Gasteiger partial charge in [0.25, 0.3) is 5.91 Å². The van der Waals surface area contributed by atoms with E-state index in [0.717, 1.165) is 21.6 Å². The molecule has 3 aromatic carbocycles. The average molecular weight is 514 g/mol. The number of nitrogens with one attached hydrogen (secondary N) is 2. The molecule has 1 atom stereocenters. The Bertz CT molecular complexity index is 1300. The first-order valence-corrected chi connectivity index (χ1v) is 12.0. The standard InChI is InChI=1S/C28H24BrN3O2/c1-18-23(28(34)31-22-10-6-3-7-11-22)24(19-12-14-21(29)15-13-19)25(27-30-16-17-32(18)27)26(33)20-8-4-2-5-9-20/h2-15,24,30H,16-17H2,1H3,(H,31,34). The quantitative estimate of drug-likeness (QED) is 0.444. The van der Waals surface area contributed by atoms with Gasteiger partial charge in [-0.05, 0) is 36.8 Å². The second-order valence-corrected chi connectivity index (χ2v) is 9.26. The lowest BCUT2D eigenvalue weighted by molar-refractivity contribution is -0.113. The number of hydrogen-bond donors (Lipinski definition) is 2. The summed E-state index contributed by atoms with van der Waals surface area (Å²) in [5.41, 5.74) is 4.23. The fraction of sp³-hybridized carbons (Fsp3) is 0.143. The van der Waals surface area contributed by atoms with Crippen molar-refractivity contribution >= 4 is 33.3 Å². The molecule has 5 rings (SSSR count). The lowest BCUT2D eigenvalue weighted by atomic mass is 9.77. The van der Waals surface area contributed by atoms with Crippen molar-refractivity contribution in [3.8, 4) is 0 Å². The zero-order valence-corrected chi connectivity index (χ0v) is 20.3. The van der Waals surface area contributed by atoms with Crippen molar-refractivity contribution in [2.75, 3.05) is 18.4 Å². The van der Waals surface area contributed by atoms with E-state index in [4.69, 9.17) is 0 Å². The summed E-state index contributed by atoms with van der Waals surface area (Å²) < 4.78 is 0.937. The first-order valence-electron chi connectivity index (χ1n) is 11.2. The van der Waals surface area contributed by atoms with Crippen LogP contribution in [0.25, 0.3) is 0 Å². The van der Waals surface area contributed by atoms with Crippen LogP contribution in [0.5, 0.6) is 0 Å². The minimum absolute atomic E-state index is 0.0829. The highest BCUT2D eigenvalue weighted by atomic mass is 79.9. The normalized spacial score (nSPS) is 17.4. The molecule has 170 valence electrons. The van der Waals surface area contributed by atoms with Gasteiger partial charge in [0.05, 0.1) is 5.57 Å². The Balaban J connectivity index is 1.68. The minimum Gasteiger partial charge on any atom is -0.369 e. The Morgan fingerprint density at radius 3 is 2.24 bits per heavy atom. The number of amides is 1. The van der Waals surface area contributed by atoms with Crippen LogP contribution >= 0.6 is 15.9 Å². The van der Waals surface area contributed by atoms with Gasteiger partial charge in [-0.25, -0.2) is 0 Å². The largest absolute Gasteiger partial charge is 0.369 e. The molecule has 1 fully saturated rings. The van der Waals surface area contributed by atoms with Crippen LogP contribution in [-0.2, 0) is 4.79 Å². The second kappa shape index (κ2) is 9.31. The summed E-state index contributed by atoms with van der Waals surface area (Å²) in [6, 6.07) is 26.5. The first kappa shape index (κ1) is 22.2. The third-order valence-electron chi connectivity index (χ3n) is 6.29. The Morgan fingerprint density at radius 2 is 1.56 bits per heavy atom. The molecule has 5 nitrogen and oxygen atoms in total. The first-order chi connectivity index (χ1) is 16.5. The topological polar surface area (TPSA) is 61.4 Å². The van der Waals surface area contributed by atoms with Gasteiger partial charge in [0.2, 0.25) is 0 Å². The lowest BCUT2D eigenvalue weighted by Gasteiger charge is -2.35. The van der Waals surface area contributed by atoms with Crippen LogP contribution in [0.3, 0.4) is 0 Å². The Morgan fingerprint density at radius 1 is 0.912 bits per heavy atom. The molecule has 1 unspecified atom stereocenters. The van der Waals surface area contributed by atoms with E-state index in [1.165, 1.54) is 0 Å². The maximum atomic E-state index is 13.9. The van der Waals surface area contributed by atoms with E-state index in [0.29, 0.717) is 35.5 Å². The monoisotopic (exact) mass is 513 g/mol. The van der Waals surface area contributed by atoms with Gasteiger partial charge < -0.3 is 15.5 Å². The predicted molar refractivity (Wildman–Crippen MR) is 137 cm³/mol. The Kier molecular flexibility index (Phi) is 6.07. The number of anilines is 1. The van der Waals surface area contributed by atoms with E-state index < -0.39 is 5.92 Å². The summed E-state index contributed by atoms with van der Waals surface area (Å²) in [6.45, 7) is 3.36. The predicted octanol–water partition coefficient (Wildman–Crippen LogP) is 5.46. The summed E-state index contributed by atoms with van der Waals surface area (Å²) in [7, 11) is 0. The van der Waals surface area contributed by atoms with Gasteiger partial charge in [-0.15, -0.1) is 0 Å². The molecule has 2 aliphatic rings. The second-order valence-electron chi connectivity index (χ2n) is 8.34. The molecule has 1 amide bonds. The summed E-state index contributed by atoms with van der Waals surface area (Å²) in [6.07, 6.45) is 0. The van der Waals surface area contributed by atoms with E-state index in [9.17, 15) is 9.59 Å². The van der Waals surface area contributed by atoms with Crippen molar-refractivity contribution in [3.63, 3.8) is 0 Å². The van der Waals surface area contributed by atoms with Crippen LogP contribution in [0, 0.1) is 0 Å². The maximum Gasteiger partial charge on any atom is 0.254 e. The minimum atomic E-state index is -0.513. The smallest absolute Gasteiger partial charge is 0.254 e. The molecular formula is C28H24BrN3O2. The summed E-state index contributed by atoms with van der Waals surface area (Å²) >= 11 is 3.50. The highest BCUT2D eigenvalue weighted by Crippen LogP contribution is 2.44. The Hall–Kier alpha value is -3.64. The third-order valence-corrected chi connectivity index (χ3v) is 6.81. The van der Waals surface area contributed by atoms with E-state index in [-0.39, 0.29) is 11.7 Å². The van der Waals surface area contributed by atoms with Crippen LogP contribution in [0.4, 0.5) is 5.69 Å². The highest BCUT2D eigenvalue weighted by Gasteiger charge is 2.42. The van der Waals surface area contributed by atoms with Gasteiger partial charge in [-0.1, -0.05) is 76.6 Å². The number of fused-ring (bicyclic) bond motifs is 1. The van der Waals surface area contributed by atoms with Crippen LogP contribution in [0.1, 0.15) is 28.8 Å². The SMILES string of the molecule is CC1=C(C(=O)Nc2ccccc2)C(c2ccc(Br)cc2)C(C(=O)c2ccccc2)=C2NCCN12. The van der Waals surface area contributed by atoms with Crippen molar-refractivity contribution in [3.05, 3.63) is 123 Å². The van der Waals surface area contributed by atoms with Gasteiger partial charge in [-0.2, -0.15) is 0 Å². The number of benzene rings is 3. The number of hydrogen-bond acceptors (Lipinski definition) is 4. The number of carbonyl (C=O) groups excluding carboxylic acids is 2. The van der Waals surface area contributed by atoms with Crippen molar-refractivity contribution in [1.29, 1.82) is 0 Å². The summed E-state index contributed by atoms with van der Waals surface area (Å²) in [5.74, 6) is -0.0155. The fourth-order valence-corrected chi connectivity index (χ4v) is 4.96. The molecular weight excluding hydrogens is 490 g/mol. The zero-order valence-electron chi connectivity index (χ0n) is 18.7. The molecule has 0 bridgehead atoms. The maximum absolute atomic E-state index is 13.9. The van der Waals surface area contributed by atoms with E-state index in [1.54, 1.807) is 0 Å². The van der Waals surface area contributed by atoms with E-state index in [2.05, 4.69) is 31.5 Å². The molecule has 2 aliphatic heterocycles. The lowest BCUT2D eigenvalue weighted by Crippen LogP contribution is -2.36. The molecule has 34 heavy (non-hydrogen) atoms. The number of allylic oxidation sites excluding steroid dienone is 2. The zero-order chi connectivity index (χ0) is 23.7. The van der Waals surface area contributed by atoms with Gasteiger partial charge in [-0.3, -0.25) is 9.59 Å². The molecule has 2 N–H and O–H groups in total. The van der Waals surface area contributed by atoms with Crippen LogP contribution in [0.15, 0.2) is 112 Å². The molecule has 0 radical (unpaired) electrons. The number of carbonyl (C=O) groups is 2. The van der Waals surface area contributed by atoms with Gasteiger partial charge in [0.1, 0.15) is 5.82 Å². The number of Topliss-reactive ketones (excluding diaryl/α,β-unsaturated/α-hetero) is 1. The molecule has 0 aliphatic carbocycles. The van der Waals surface area contributed by atoms with Gasteiger partial charge >= 0.3 is 0 Å². The highest BCUT2D eigenvalue weighted by molar-refractivity contribution is 9.10. The van der Waals surface area contributed by atoms with E-state index >= 15 is 0 Å². The molecule has 2 heterocycles. The average Bonchev–Trinajstić information content (AvgIpc) is 3.35. The van der Waals surface area contributed by atoms with Crippen molar-refractivity contribution in [2.45, 2.75) is 12.8 Å². The summed E-state index contributed by atoms with van der Waals surface area (Å²) in [5, 5.41) is 6.46. The van der Waals surface area contributed by atoms with E-state index in [1.807, 2.05) is 91.9 Å². The van der Waals surface area contributed by atoms with Gasteiger partial charge in [0.15, 0.2) is 5.78 Å². The summed E-state index contributed by atoms with van der Waals surface area (Å²) in [4.78, 5) is 29.8.